The molecule has 1 amide bonds. The van der Waals surface area contributed by atoms with Crippen molar-refractivity contribution in [1.29, 1.82) is 0 Å². The first-order chi connectivity index (χ1) is 12.2. The molecule has 2 aliphatic rings. The van der Waals surface area contributed by atoms with Gasteiger partial charge in [0, 0.05) is 24.5 Å². The summed E-state index contributed by atoms with van der Waals surface area (Å²) in [6.07, 6.45) is 2.90. The minimum atomic E-state index is -0.0657. The van der Waals surface area contributed by atoms with Crippen molar-refractivity contribution in [3.8, 4) is 0 Å². The lowest BCUT2D eigenvalue weighted by atomic mass is 9.64. The smallest absolute Gasteiger partial charge is 0.257 e. The van der Waals surface area contributed by atoms with Crippen molar-refractivity contribution in [3.63, 3.8) is 0 Å². The molecule has 25 heavy (non-hydrogen) atoms. The van der Waals surface area contributed by atoms with Crippen LogP contribution in [0.3, 0.4) is 0 Å². The summed E-state index contributed by atoms with van der Waals surface area (Å²) in [6.45, 7) is 4.57. The first kappa shape index (κ1) is 16.3. The molecular formula is C20H24N2O3. The number of ether oxygens (including phenoxy) is 1. The predicted octanol–water partition coefficient (Wildman–Crippen LogP) is 2.92. The highest BCUT2D eigenvalue weighted by molar-refractivity contribution is 5.96. The van der Waals surface area contributed by atoms with Gasteiger partial charge in [-0.15, -0.1) is 0 Å². The van der Waals surface area contributed by atoms with Gasteiger partial charge < -0.3 is 14.6 Å². The minimum Gasteiger partial charge on any atom is -0.377 e. The van der Waals surface area contributed by atoms with Crippen molar-refractivity contribution >= 4 is 5.91 Å². The van der Waals surface area contributed by atoms with Gasteiger partial charge in [0.15, 0.2) is 0 Å². The number of fused-ring (bicyclic) bond motifs is 1. The van der Waals surface area contributed by atoms with E-state index in [1.807, 2.05) is 13.0 Å². The molecule has 2 aromatic rings. The number of nitrogens with one attached hydrogen (secondary N) is 1. The van der Waals surface area contributed by atoms with Gasteiger partial charge in [-0.25, -0.2) is 0 Å². The first-order valence-electron chi connectivity index (χ1n) is 9.10. The lowest BCUT2D eigenvalue weighted by Crippen LogP contribution is -2.62. The maximum absolute atomic E-state index is 12.8. The molecule has 1 aliphatic carbocycles. The Kier molecular flexibility index (Phi) is 4.34. The van der Waals surface area contributed by atoms with Gasteiger partial charge in [0.1, 0.15) is 11.3 Å². The van der Waals surface area contributed by atoms with Crippen molar-refractivity contribution < 1.29 is 14.1 Å². The minimum absolute atomic E-state index is 0.0657. The zero-order valence-electron chi connectivity index (χ0n) is 14.7. The number of benzene rings is 1. The van der Waals surface area contributed by atoms with Gasteiger partial charge >= 0.3 is 0 Å². The van der Waals surface area contributed by atoms with E-state index in [0.29, 0.717) is 29.6 Å². The molecule has 0 unspecified atom stereocenters. The Balaban J connectivity index is 1.51. The summed E-state index contributed by atoms with van der Waals surface area (Å²) in [4.78, 5) is 12.8. The van der Waals surface area contributed by atoms with Gasteiger partial charge in [-0.2, -0.15) is 0 Å². The van der Waals surface area contributed by atoms with Gasteiger partial charge in [-0.3, -0.25) is 4.79 Å². The quantitative estimate of drug-likeness (QED) is 0.909. The monoisotopic (exact) mass is 340 g/mol. The second-order valence-electron chi connectivity index (χ2n) is 7.05. The van der Waals surface area contributed by atoms with E-state index in [-0.39, 0.29) is 18.1 Å². The molecule has 1 N–H and O–H groups in total. The van der Waals surface area contributed by atoms with Gasteiger partial charge in [-0.05, 0) is 31.7 Å². The van der Waals surface area contributed by atoms with E-state index in [1.165, 1.54) is 5.56 Å². The fourth-order valence-electron chi connectivity index (χ4n) is 4.35. The topological polar surface area (TPSA) is 64.4 Å². The Labute approximate surface area is 147 Å². The third-order valence-electron chi connectivity index (χ3n) is 5.64. The normalized spacial score (nSPS) is 27.6. The molecule has 5 heteroatoms. The summed E-state index contributed by atoms with van der Waals surface area (Å²) < 4.78 is 11.1. The van der Waals surface area contributed by atoms with Crippen molar-refractivity contribution in [3.05, 3.63) is 52.9 Å². The van der Waals surface area contributed by atoms with Crippen LogP contribution in [0.5, 0.6) is 0 Å². The van der Waals surface area contributed by atoms with Crippen molar-refractivity contribution in [1.82, 2.24) is 10.5 Å². The number of carbonyl (C=O) groups excluding carboxylic acids is 1. The average molecular weight is 340 g/mol. The number of hydrogen-bond donors (Lipinski definition) is 1. The third kappa shape index (κ3) is 2.86. The highest BCUT2D eigenvalue weighted by atomic mass is 16.5. The molecule has 0 radical (unpaired) electrons. The van der Waals surface area contributed by atoms with E-state index in [1.54, 1.807) is 6.92 Å². The fourth-order valence-corrected chi connectivity index (χ4v) is 4.35. The van der Waals surface area contributed by atoms with Crippen LogP contribution in [0.15, 0.2) is 34.9 Å². The molecule has 0 bridgehead atoms. The Morgan fingerprint density at radius 1 is 1.32 bits per heavy atom. The molecule has 4 rings (SSSR count). The van der Waals surface area contributed by atoms with Crippen LogP contribution in [0.1, 0.15) is 40.7 Å². The van der Waals surface area contributed by atoms with E-state index in [0.717, 1.165) is 25.1 Å². The summed E-state index contributed by atoms with van der Waals surface area (Å²) in [7, 11) is 0. The highest BCUT2D eigenvalue weighted by Crippen LogP contribution is 2.45. The zero-order chi connectivity index (χ0) is 17.4. The molecule has 1 aliphatic heterocycles. The molecular weight excluding hydrogens is 316 g/mol. The molecule has 1 aromatic carbocycles. The van der Waals surface area contributed by atoms with Crippen LogP contribution in [0, 0.1) is 18.8 Å². The number of aryl methyl sites for hydroxylation is 2. The number of amides is 1. The first-order valence-corrected chi connectivity index (χ1v) is 9.10. The van der Waals surface area contributed by atoms with E-state index < -0.39 is 0 Å². The van der Waals surface area contributed by atoms with Crippen molar-refractivity contribution in [2.75, 3.05) is 6.61 Å². The van der Waals surface area contributed by atoms with Crippen LogP contribution < -0.4 is 5.32 Å². The summed E-state index contributed by atoms with van der Waals surface area (Å²) >= 11 is 0. The lowest BCUT2D eigenvalue weighted by Gasteiger charge is -2.48. The number of rotatable bonds is 5. The van der Waals surface area contributed by atoms with E-state index >= 15 is 0 Å². The molecule has 2 heterocycles. The highest BCUT2D eigenvalue weighted by Gasteiger charge is 2.54. The number of nitrogens with zero attached hydrogens (tertiary/aromatic N) is 1. The van der Waals surface area contributed by atoms with Crippen LogP contribution in [0.2, 0.25) is 0 Å². The van der Waals surface area contributed by atoms with Gasteiger partial charge in [0.05, 0.1) is 11.8 Å². The Morgan fingerprint density at radius 3 is 2.88 bits per heavy atom. The summed E-state index contributed by atoms with van der Waals surface area (Å²) in [5.41, 5.74) is 2.62. The Bertz CT molecular complexity index is 756. The Hall–Kier alpha value is -2.14. The molecule has 132 valence electrons. The SMILES string of the molecule is CCc1noc(C)c1C(=O)N[C@@H]1[C@@H](Cc2ccccc2)[C@H]2OCC[C@@H]12. The maximum Gasteiger partial charge on any atom is 0.257 e. The molecule has 1 saturated carbocycles. The largest absolute Gasteiger partial charge is 0.377 e. The fraction of sp³-hybridized carbons (Fsp3) is 0.500. The maximum atomic E-state index is 12.8. The van der Waals surface area contributed by atoms with Gasteiger partial charge in [0.25, 0.3) is 5.91 Å². The van der Waals surface area contributed by atoms with E-state index in [2.05, 4.69) is 34.7 Å². The molecule has 0 spiro atoms. The van der Waals surface area contributed by atoms with Gasteiger partial charge in [0.2, 0.25) is 0 Å². The van der Waals surface area contributed by atoms with Crippen LogP contribution in [-0.4, -0.2) is 29.8 Å². The van der Waals surface area contributed by atoms with E-state index in [4.69, 9.17) is 9.26 Å². The Morgan fingerprint density at radius 2 is 2.12 bits per heavy atom. The molecule has 5 nitrogen and oxygen atoms in total. The van der Waals surface area contributed by atoms with Crippen LogP contribution in [-0.2, 0) is 17.6 Å². The molecule has 1 saturated heterocycles. The zero-order valence-corrected chi connectivity index (χ0v) is 14.7. The number of hydrogen-bond acceptors (Lipinski definition) is 4. The van der Waals surface area contributed by atoms with Gasteiger partial charge in [-0.1, -0.05) is 42.4 Å². The lowest BCUT2D eigenvalue weighted by molar-refractivity contribution is -0.0528. The third-order valence-corrected chi connectivity index (χ3v) is 5.64. The van der Waals surface area contributed by atoms with Crippen LogP contribution >= 0.6 is 0 Å². The van der Waals surface area contributed by atoms with Crippen molar-refractivity contribution in [2.45, 2.75) is 45.3 Å². The standard InChI is InChI=1S/C20H24N2O3/c1-3-16-17(12(2)25-22-16)20(23)21-18-14-9-10-24-19(14)15(18)11-13-7-5-4-6-8-13/h4-8,14-15,18-19H,3,9-11H2,1-2H3,(H,21,23)/t14-,15+,18-,19-/m0/s1. The second kappa shape index (κ2) is 6.64. The molecule has 1 aromatic heterocycles. The average Bonchev–Trinajstić information content (AvgIpc) is 3.22. The molecule has 4 atom stereocenters. The number of carbonyl (C=O) groups is 1. The summed E-state index contributed by atoms with van der Waals surface area (Å²) in [5, 5.41) is 7.26. The second-order valence-corrected chi connectivity index (χ2v) is 7.05. The van der Waals surface area contributed by atoms with E-state index in [9.17, 15) is 4.79 Å². The van der Waals surface area contributed by atoms with Crippen molar-refractivity contribution in [2.24, 2.45) is 11.8 Å². The number of aromatic nitrogens is 1. The van der Waals surface area contributed by atoms with Crippen LogP contribution in [0.25, 0.3) is 0 Å². The van der Waals surface area contributed by atoms with Crippen LogP contribution in [0.4, 0.5) is 0 Å². The summed E-state index contributed by atoms with van der Waals surface area (Å²) in [6, 6.07) is 10.6. The predicted molar refractivity (Wildman–Crippen MR) is 93.4 cm³/mol. The molecule has 2 fully saturated rings. The summed E-state index contributed by atoms with van der Waals surface area (Å²) in [5.74, 6) is 1.27.